The largest absolute Gasteiger partial charge is 0.496 e. The third-order valence-electron chi connectivity index (χ3n) is 4.53. The van der Waals surface area contributed by atoms with Gasteiger partial charge >= 0.3 is 0 Å². The lowest BCUT2D eigenvalue weighted by molar-refractivity contribution is 0.100. The highest BCUT2D eigenvalue weighted by Gasteiger charge is 2.29. The number of nitrogens with one attached hydrogen (secondary N) is 1. The molecule has 1 fully saturated rings. The summed E-state index contributed by atoms with van der Waals surface area (Å²) in [6, 6.07) is 12.2. The van der Waals surface area contributed by atoms with E-state index in [0.717, 1.165) is 35.1 Å². The van der Waals surface area contributed by atoms with Gasteiger partial charge in [0.2, 0.25) is 0 Å². The van der Waals surface area contributed by atoms with Crippen LogP contribution in [0.5, 0.6) is 5.75 Å². The Hall–Kier alpha value is -1.58. The molecule has 3 rings (SSSR count). The quantitative estimate of drug-likeness (QED) is 0.909. The molecule has 3 nitrogen and oxygen atoms in total. The van der Waals surface area contributed by atoms with Crippen LogP contribution in [-0.4, -0.2) is 24.8 Å². The Kier molecular flexibility index (Phi) is 4.13. The molecule has 112 valence electrons. The van der Waals surface area contributed by atoms with Gasteiger partial charge in [0.05, 0.1) is 13.2 Å². The van der Waals surface area contributed by atoms with Crippen molar-refractivity contribution >= 4 is 10.8 Å². The summed E-state index contributed by atoms with van der Waals surface area (Å²) < 4.78 is 5.50. The van der Waals surface area contributed by atoms with Crippen molar-refractivity contribution in [3.05, 3.63) is 42.0 Å². The molecule has 21 heavy (non-hydrogen) atoms. The molecule has 3 heteroatoms. The van der Waals surface area contributed by atoms with Crippen LogP contribution in [-0.2, 0) is 0 Å². The first-order valence-corrected chi connectivity index (χ1v) is 7.67. The summed E-state index contributed by atoms with van der Waals surface area (Å²) in [5.74, 6) is 1.41. The van der Waals surface area contributed by atoms with Crippen molar-refractivity contribution in [2.45, 2.75) is 31.9 Å². The molecular weight excluding hydrogens is 262 g/mol. The summed E-state index contributed by atoms with van der Waals surface area (Å²) in [5.41, 5.74) is 0.905. The van der Waals surface area contributed by atoms with Gasteiger partial charge in [0.1, 0.15) is 5.75 Å². The summed E-state index contributed by atoms with van der Waals surface area (Å²) >= 11 is 0. The van der Waals surface area contributed by atoms with E-state index in [4.69, 9.17) is 4.74 Å². The molecule has 0 amide bonds. The van der Waals surface area contributed by atoms with Gasteiger partial charge in [-0.05, 0) is 42.1 Å². The van der Waals surface area contributed by atoms with Gasteiger partial charge in [-0.3, -0.25) is 0 Å². The number of rotatable bonds is 3. The smallest absolute Gasteiger partial charge is 0.125 e. The molecule has 0 bridgehead atoms. The lowest BCUT2D eigenvalue weighted by Crippen LogP contribution is -2.41. The maximum absolute atomic E-state index is 10.9. The third kappa shape index (κ3) is 2.76. The highest BCUT2D eigenvalue weighted by atomic mass is 16.5. The van der Waals surface area contributed by atoms with E-state index in [1.54, 1.807) is 7.11 Å². The Morgan fingerprint density at radius 1 is 1.24 bits per heavy atom. The van der Waals surface area contributed by atoms with Gasteiger partial charge in [-0.2, -0.15) is 0 Å². The summed E-state index contributed by atoms with van der Waals surface area (Å²) in [6.07, 6.45) is 1.62. The van der Waals surface area contributed by atoms with Crippen LogP contribution in [0.25, 0.3) is 10.8 Å². The Labute approximate surface area is 125 Å². The van der Waals surface area contributed by atoms with E-state index in [1.165, 1.54) is 6.42 Å². The van der Waals surface area contributed by atoms with Crippen LogP contribution in [0, 0.1) is 5.92 Å². The predicted molar refractivity (Wildman–Crippen MR) is 85.6 cm³/mol. The fourth-order valence-corrected chi connectivity index (χ4v) is 3.35. The fraction of sp³-hybridized carbons (Fsp3) is 0.444. The second kappa shape index (κ2) is 6.04. The molecule has 1 saturated heterocycles. The van der Waals surface area contributed by atoms with Gasteiger partial charge in [0, 0.05) is 11.6 Å². The molecule has 0 aliphatic carbocycles. The number of piperidine rings is 1. The zero-order valence-corrected chi connectivity index (χ0v) is 12.7. The standard InChI is InChI=1S/C18H23NO2/c1-12-9-10-19-15(11-12)18(20)17-14-6-4-3-5-13(14)7-8-16(17)21-2/h3-8,12,15,18-20H,9-11H2,1-2H3. The van der Waals surface area contributed by atoms with E-state index in [1.807, 2.05) is 24.3 Å². The number of methoxy groups -OCH3 is 1. The van der Waals surface area contributed by atoms with E-state index in [9.17, 15) is 5.11 Å². The Morgan fingerprint density at radius 3 is 2.81 bits per heavy atom. The molecule has 0 saturated carbocycles. The molecule has 3 atom stereocenters. The number of aliphatic hydroxyl groups excluding tert-OH is 1. The summed E-state index contributed by atoms with van der Waals surface area (Å²) in [7, 11) is 1.66. The first kappa shape index (κ1) is 14.4. The van der Waals surface area contributed by atoms with E-state index in [2.05, 4.69) is 24.4 Å². The molecule has 1 heterocycles. The van der Waals surface area contributed by atoms with Crippen molar-refractivity contribution in [2.24, 2.45) is 5.92 Å². The fourth-order valence-electron chi connectivity index (χ4n) is 3.35. The van der Waals surface area contributed by atoms with Gasteiger partial charge in [-0.15, -0.1) is 0 Å². The predicted octanol–water partition coefficient (Wildman–Crippen LogP) is 3.27. The van der Waals surface area contributed by atoms with Gasteiger partial charge < -0.3 is 15.2 Å². The van der Waals surface area contributed by atoms with Crippen molar-refractivity contribution in [1.29, 1.82) is 0 Å². The molecule has 2 aromatic rings. The minimum Gasteiger partial charge on any atom is -0.496 e. The molecule has 2 N–H and O–H groups in total. The second-order valence-corrected chi connectivity index (χ2v) is 6.04. The molecule has 0 aromatic heterocycles. The highest BCUT2D eigenvalue weighted by molar-refractivity contribution is 5.88. The number of hydrogen-bond acceptors (Lipinski definition) is 3. The average Bonchev–Trinajstić information content (AvgIpc) is 2.53. The maximum atomic E-state index is 10.9. The maximum Gasteiger partial charge on any atom is 0.125 e. The molecule has 3 unspecified atom stereocenters. The minimum atomic E-state index is -0.547. The van der Waals surface area contributed by atoms with Crippen LogP contribution < -0.4 is 10.1 Å². The minimum absolute atomic E-state index is 0.0912. The van der Waals surface area contributed by atoms with Crippen molar-refractivity contribution in [3.63, 3.8) is 0 Å². The van der Waals surface area contributed by atoms with Crippen molar-refractivity contribution in [2.75, 3.05) is 13.7 Å². The van der Waals surface area contributed by atoms with Gasteiger partial charge in [0.15, 0.2) is 0 Å². The lowest BCUT2D eigenvalue weighted by Gasteiger charge is -2.32. The highest BCUT2D eigenvalue weighted by Crippen LogP contribution is 2.36. The molecular formula is C18H23NO2. The van der Waals surface area contributed by atoms with Crippen molar-refractivity contribution in [3.8, 4) is 5.75 Å². The van der Waals surface area contributed by atoms with E-state index in [0.29, 0.717) is 5.92 Å². The number of fused-ring (bicyclic) bond motifs is 1. The Bertz CT molecular complexity index is 626. The lowest BCUT2D eigenvalue weighted by atomic mass is 9.87. The third-order valence-corrected chi connectivity index (χ3v) is 4.53. The van der Waals surface area contributed by atoms with Crippen LogP contribution in [0.3, 0.4) is 0 Å². The Balaban J connectivity index is 2.04. The number of ether oxygens (including phenoxy) is 1. The van der Waals surface area contributed by atoms with E-state index < -0.39 is 6.10 Å². The van der Waals surface area contributed by atoms with Crippen molar-refractivity contribution in [1.82, 2.24) is 5.32 Å². The molecule has 1 aliphatic heterocycles. The second-order valence-electron chi connectivity index (χ2n) is 6.04. The molecule has 0 radical (unpaired) electrons. The summed E-state index contributed by atoms with van der Waals surface area (Å²) in [4.78, 5) is 0. The summed E-state index contributed by atoms with van der Waals surface area (Å²) in [6.45, 7) is 3.22. The van der Waals surface area contributed by atoms with E-state index in [-0.39, 0.29) is 6.04 Å². The van der Waals surface area contributed by atoms with Crippen LogP contribution in [0.15, 0.2) is 36.4 Å². The first-order chi connectivity index (χ1) is 10.2. The van der Waals surface area contributed by atoms with Crippen LogP contribution in [0.2, 0.25) is 0 Å². The molecule has 2 aromatic carbocycles. The SMILES string of the molecule is COc1ccc2ccccc2c1C(O)C1CC(C)CCN1. The van der Waals surface area contributed by atoms with Gasteiger partial charge in [-0.25, -0.2) is 0 Å². The number of aliphatic hydroxyl groups is 1. The van der Waals surface area contributed by atoms with Gasteiger partial charge in [-0.1, -0.05) is 37.3 Å². The first-order valence-electron chi connectivity index (χ1n) is 7.67. The monoisotopic (exact) mass is 285 g/mol. The average molecular weight is 285 g/mol. The topological polar surface area (TPSA) is 41.5 Å². The van der Waals surface area contributed by atoms with Crippen LogP contribution in [0.1, 0.15) is 31.4 Å². The molecule has 1 aliphatic rings. The van der Waals surface area contributed by atoms with E-state index >= 15 is 0 Å². The molecule has 0 spiro atoms. The summed E-state index contributed by atoms with van der Waals surface area (Å²) in [5, 5.41) is 16.6. The normalized spacial score (nSPS) is 24.0. The van der Waals surface area contributed by atoms with Crippen molar-refractivity contribution < 1.29 is 9.84 Å². The zero-order valence-electron chi connectivity index (χ0n) is 12.7. The number of benzene rings is 2. The zero-order chi connectivity index (χ0) is 14.8. The number of hydrogen-bond donors (Lipinski definition) is 2. The van der Waals surface area contributed by atoms with Crippen LogP contribution >= 0.6 is 0 Å². The van der Waals surface area contributed by atoms with Gasteiger partial charge in [0.25, 0.3) is 0 Å². The Morgan fingerprint density at radius 2 is 2.05 bits per heavy atom. The van der Waals surface area contributed by atoms with Crippen LogP contribution in [0.4, 0.5) is 0 Å².